The first kappa shape index (κ1) is 18.7. The van der Waals surface area contributed by atoms with Crippen LogP contribution in [0.15, 0.2) is 41.8 Å². The van der Waals surface area contributed by atoms with E-state index in [1.165, 1.54) is 22.5 Å². The molecule has 0 saturated carbocycles. The van der Waals surface area contributed by atoms with Crippen molar-refractivity contribution >= 4 is 28.2 Å². The van der Waals surface area contributed by atoms with Gasteiger partial charge in [0.2, 0.25) is 0 Å². The highest BCUT2D eigenvalue weighted by Gasteiger charge is 2.10. The van der Waals surface area contributed by atoms with E-state index in [1.54, 1.807) is 32.4 Å². The van der Waals surface area contributed by atoms with Crippen molar-refractivity contribution in [1.82, 2.24) is 4.98 Å². The number of anilines is 2. The molecule has 140 valence electrons. The molecule has 0 bridgehead atoms. The predicted molar refractivity (Wildman–Crippen MR) is 109 cm³/mol. The zero-order valence-corrected chi connectivity index (χ0v) is 16.4. The lowest BCUT2D eigenvalue weighted by Crippen LogP contribution is -2.19. The molecule has 0 aliphatic rings. The lowest BCUT2D eigenvalue weighted by atomic mass is 10.1. The first-order valence-electron chi connectivity index (χ1n) is 8.33. The van der Waals surface area contributed by atoms with Gasteiger partial charge in [-0.3, -0.25) is 5.32 Å². The Balaban J connectivity index is 1.68. The van der Waals surface area contributed by atoms with Gasteiger partial charge in [-0.1, -0.05) is 12.1 Å². The molecule has 1 heterocycles. The molecule has 27 heavy (non-hydrogen) atoms. The summed E-state index contributed by atoms with van der Waals surface area (Å²) < 4.78 is 10.4. The van der Waals surface area contributed by atoms with E-state index in [1.807, 2.05) is 11.4 Å². The molecule has 3 aromatic rings. The summed E-state index contributed by atoms with van der Waals surface area (Å²) in [7, 11) is 3.11. The fourth-order valence-corrected chi connectivity index (χ4v) is 3.25. The number of benzene rings is 2. The van der Waals surface area contributed by atoms with Crippen LogP contribution in [0.4, 0.5) is 15.6 Å². The molecule has 7 heteroatoms. The van der Waals surface area contributed by atoms with Gasteiger partial charge in [0, 0.05) is 22.7 Å². The van der Waals surface area contributed by atoms with Crippen molar-refractivity contribution in [2.75, 3.05) is 24.9 Å². The monoisotopic (exact) mass is 383 g/mol. The van der Waals surface area contributed by atoms with Crippen LogP contribution in [-0.4, -0.2) is 25.2 Å². The highest BCUT2D eigenvalue weighted by Crippen LogP contribution is 2.30. The van der Waals surface area contributed by atoms with Gasteiger partial charge in [0.15, 0.2) is 16.6 Å². The van der Waals surface area contributed by atoms with Crippen LogP contribution in [0.2, 0.25) is 0 Å². The number of amides is 2. The van der Waals surface area contributed by atoms with Gasteiger partial charge in [0.25, 0.3) is 0 Å². The molecule has 0 radical (unpaired) electrons. The number of thiazole rings is 1. The lowest BCUT2D eigenvalue weighted by molar-refractivity contribution is 0.262. The quantitative estimate of drug-likeness (QED) is 0.644. The number of rotatable bonds is 5. The van der Waals surface area contributed by atoms with Gasteiger partial charge in [0.05, 0.1) is 19.9 Å². The van der Waals surface area contributed by atoms with Crippen molar-refractivity contribution in [3.05, 3.63) is 52.9 Å². The molecule has 2 amide bonds. The topological polar surface area (TPSA) is 72.5 Å². The number of ether oxygens (including phenoxy) is 2. The zero-order chi connectivity index (χ0) is 19.4. The number of aromatic nitrogens is 1. The zero-order valence-electron chi connectivity index (χ0n) is 15.6. The fraction of sp³-hybridized carbons (Fsp3) is 0.200. The molecule has 0 spiro atoms. The van der Waals surface area contributed by atoms with Crippen molar-refractivity contribution in [3.63, 3.8) is 0 Å². The summed E-state index contributed by atoms with van der Waals surface area (Å²) in [5.74, 6) is 1.14. The number of carbonyl (C=O) groups excluding carboxylic acids is 1. The van der Waals surface area contributed by atoms with Gasteiger partial charge in [0.1, 0.15) is 0 Å². The van der Waals surface area contributed by atoms with Crippen LogP contribution in [0.5, 0.6) is 11.5 Å². The maximum atomic E-state index is 12.3. The third kappa shape index (κ3) is 4.38. The standard InChI is InChI=1S/C20H21N3O3S/c1-12-5-6-14(9-13(12)2)16-11-27-20(22-16)23-19(24)21-15-7-8-17(25-3)18(10-15)26-4/h5-11H,1-4H3,(H2,21,22,23,24). The van der Waals surface area contributed by atoms with Gasteiger partial charge < -0.3 is 14.8 Å². The largest absolute Gasteiger partial charge is 0.493 e. The molecule has 3 rings (SSSR count). The van der Waals surface area contributed by atoms with Crippen LogP contribution in [0.25, 0.3) is 11.3 Å². The maximum Gasteiger partial charge on any atom is 0.325 e. The number of urea groups is 1. The smallest absolute Gasteiger partial charge is 0.325 e. The normalized spacial score (nSPS) is 10.4. The number of nitrogens with zero attached hydrogens (tertiary/aromatic N) is 1. The van der Waals surface area contributed by atoms with Crippen molar-refractivity contribution in [2.45, 2.75) is 13.8 Å². The van der Waals surface area contributed by atoms with Crippen LogP contribution in [-0.2, 0) is 0 Å². The fourth-order valence-electron chi connectivity index (χ4n) is 2.54. The van der Waals surface area contributed by atoms with Gasteiger partial charge in [-0.25, -0.2) is 9.78 Å². The minimum Gasteiger partial charge on any atom is -0.493 e. The van der Waals surface area contributed by atoms with Gasteiger partial charge in [-0.05, 0) is 43.2 Å². The van der Waals surface area contributed by atoms with Gasteiger partial charge >= 0.3 is 6.03 Å². The van der Waals surface area contributed by atoms with E-state index >= 15 is 0 Å². The molecule has 0 unspecified atom stereocenters. The molecule has 0 saturated heterocycles. The third-order valence-electron chi connectivity index (χ3n) is 4.17. The summed E-state index contributed by atoms with van der Waals surface area (Å²) in [5.41, 5.74) is 4.91. The summed E-state index contributed by atoms with van der Waals surface area (Å²) in [5, 5.41) is 7.98. The number of carbonyl (C=O) groups is 1. The molecule has 0 aliphatic carbocycles. The molecule has 0 fully saturated rings. The van der Waals surface area contributed by atoms with Crippen LogP contribution in [0.1, 0.15) is 11.1 Å². The summed E-state index contributed by atoms with van der Waals surface area (Å²) in [4.78, 5) is 16.7. The molecular weight excluding hydrogens is 362 g/mol. The van der Waals surface area contributed by atoms with Crippen molar-refractivity contribution in [1.29, 1.82) is 0 Å². The Bertz CT molecular complexity index is 969. The van der Waals surface area contributed by atoms with Crippen molar-refractivity contribution in [3.8, 4) is 22.8 Å². The summed E-state index contributed by atoms with van der Waals surface area (Å²) in [6.45, 7) is 4.15. The van der Waals surface area contributed by atoms with E-state index in [-0.39, 0.29) is 6.03 Å². The van der Waals surface area contributed by atoms with E-state index in [0.717, 1.165) is 11.3 Å². The molecule has 2 aromatic carbocycles. The van der Waals surface area contributed by atoms with Crippen LogP contribution >= 0.6 is 11.3 Å². The molecule has 2 N–H and O–H groups in total. The molecule has 0 atom stereocenters. The highest BCUT2D eigenvalue weighted by molar-refractivity contribution is 7.14. The average Bonchev–Trinajstić information content (AvgIpc) is 3.12. The van der Waals surface area contributed by atoms with Crippen LogP contribution < -0.4 is 20.1 Å². The predicted octanol–water partition coefficient (Wildman–Crippen LogP) is 5.09. The van der Waals surface area contributed by atoms with Crippen LogP contribution in [0.3, 0.4) is 0 Å². The second-order valence-corrected chi connectivity index (χ2v) is 6.84. The minimum atomic E-state index is -0.372. The Morgan fingerprint density at radius 2 is 1.74 bits per heavy atom. The third-order valence-corrected chi connectivity index (χ3v) is 4.93. The summed E-state index contributed by atoms with van der Waals surface area (Å²) in [6, 6.07) is 11.0. The van der Waals surface area contributed by atoms with E-state index in [9.17, 15) is 4.79 Å². The first-order valence-corrected chi connectivity index (χ1v) is 9.21. The van der Waals surface area contributed by atoms with E-state index in [4.69, 9.17) is 9.47 Å². The van der Waals surface area contributed by atoms with E-state index < -0.39 is 0 Å². The number of aryl methyl sites for hydroxylation is 2. The Morgan fingerprint density at radius 3 is 2.44 bits per heavy atom. The number of methoxy groups -OCH3 is 2. The average molecular weight is 383 g/mol. The van der Waals surface area contributed by atoms with Crippen molar-refractivity contribution < 1.29 is 14.3 Å². The maximum absolute atomic E-state index is 12.3. The van der Waals surface area contributed by atoms with Gasteiger partial charge in [-0.2, -0.15) is 0 Å². The molecule has 0 aliphatic heterocycles. The highest BCUT2D eigenvalue weighted by atomic mass is 32.1. The Labute approximate surface area is 162 Å². The minimum absolute atomic E-state index is 0.372. The number of hydrogen-bond acceptors (Lipinski definition) is 5. The van der Waals surface area contributed by atoms with E-state index in [2.05, 4.69) is 41.6 Å². The SMILES string of the molecule is COc1ccc(NC(=O)Nc2nc(-c3ccc(C)c(C)c3)cs2)cc1OC. The second kappa shape index (κ2) is 8.09. The number of hydrogen-bond donors (Lipinski definition) is 2. The van der Waals surface area contributed by atoms with Gasteiger partial charge in [-0.15, -0.1) is 11.3 Å². The Hall–Kier alpha value is -3.06. The molecule has 1 aromatic heterocycles. The first-order chi connectivity index (χ1) is 13.0. The Kier molecular flexibility index (Phi) is 5.61. The van der Waals surface area contributed by atoms with E-state index in [0.29, 0.717) is 22.3 Å². The summed E-state index contributed by atoms with van der Waals surface area (Å²) >= 11 is 1.38. The Morgan fingerprint density at radius 1 is 0.963 bits per heavy atom. The number of nitrogens with one attached hydrogen (secondary N) is 2. The molecule has 6 nitrogen and oxygen atoms in total. The second-order valence-electron chi connectivity index (χ2n) is 5.99. The lowest BCUT2D eigenvalue weighted by Gasteiger charge is -2.10. The van der Waals surface area contributed by atoms with Crippen LogP contribution in [0, 0.1) is 13.8 Å². The molecular formula is C20H21N3O3S. The van der Waals surface area contributed by atoms with Crippen molar-refractivity contribution in [2.24, 2.45) is 0 Å². The summed E-state index contributed by atoms with van der Waals surface area (Å²) in [6.07, 6.45) is 0.